The number of nitrogens with one attached hydrogen (secondary N) is 1. The molecule has 0 aromatic rings. The Balaban J connectivity index is 1.66. The maximum atomic E-state index is 12.0. The van der Waals surface area contributed by atoms with Crippen LogP contribution in [0.4, 0.5) is 0 Å². The molecule has 5 nitrogen and oxygen atoms in total. The van der Waals surface area contributed by atoms with E-state index in [0.29, 0.717) is 13.0 Å². The Hall–Kier alpha value is -0.880. The van der Waals surface area contributed by atoms with Crippen molar-refractivity contribution in [2.45, 2.75) is 44.6 Å². The Kier molecular flexibility index (Phi) is 5.81. The summed E-state index contributed by atoms with van der Waals surface area (Å²) in [5.74, 6) is 0.300. The summed E-state index contributed by atoms with van der Waals surface area (Å²) < 4.78 is 22.9. The number of hydrogen-bond acceptors (Lipinski definition) is 4. The van der Waals surface area contributed by atoms with Crippen molar-refractivity contribution < 1.29 is 13.2 Å². The van der Waals surface area contributed by atoms with E-state index in [1.165, 1.54) is 31.3 Å². The van der Waals surface area contributed by atoms with Crippen LogP contribution < -0.4 is 5.32 Å². The van der Waals surface area contributed by atoms with E-state index in [4.69, 9.17) is 0 Å². The molecule has 1 aliphatic heterocycles. The van der Waals surface area contributed by atoms with Gasteiger partial charge in [0.15, 0.2) is 9.84 Å². The summed E-state index contributed by atoms with van der Waals surface area (Å²) >= 11 is 0. The molecule has 21 heavy (non-hydrogen) atoms. The van der Waals surface area contributed by atoms with Crippen LogP contribution in [-0.2, 0) is 14.6 Å². The number of allylic oxidation sites excluding steroid dienone is 1. The smallest absolute Gasteiger partial charge is 0.236 e. The lowest BCUT2D eigenvalue weighted by molar-refractivity contribution is -0.130. The van der Waals surface area contributed by atoms with Crippen LogP contribution in [0.1, 0.15) is 38.5 Å². The molecule has 0 saturated carbocycles. The van der Waals surface area contributed by atoms with Crippen LogP contribution in [0.15, 0.2) is 11.6 Å². The molecular formula is C15H26N2O3S. The summed E-state index contributed by atoms with van der Waals surface area (Å²) in [6, 6.07) is -0.148. The van der Waals surface area contributed by atoms with Crippen molar-refractivity contribution in [3.05, 3.63) is 11.6 Å². The second-order valence-electron chi connectivity index (χ2n) is 6.10. The molecule has 0 radical (unpaired) electrons. The second-order valence-corrected chi connectivity index (χ2v) is 8.33. The van der Waals surface area contributed by atoms with Crippen LogP contribution in [0.3, 0.4) is 0 Å². The van der Waals surface area contributed by atoms with E-state index in [-0.39, 0.29) is 23.5 Å². The molecular weight excluding hydrogens is 288 g/mol. The third kappa shape index (κ3) is 5.11. The number of amides is 1. The van der Waals surface area contributed by atoms with Crippen LogP contribution in [0, 0.1) is 0 Å². The normalized spacial score (nSPS) is 24.6. The fourth-order valence-electron chi connectivity index (χ4n) is 2.99. The monoisotopic (exact) mass is 314 g/mol. The standard InChI is InChI=1S/C15H26N2O3S/c1-17(14-8-10-21(19,20)12-14)15(18)11-16-9-7-13-5-3-2-4-6-13/h5,14,16H,2-4,6-12H2,1H3. The highest BCUT2D eigenvalue weighted by Crippen LogP contribution is 2.19. The van der Waals surface area contributed by atoms with Gasteiger partial charge in [0.25, 0.3) is 0 Å². The van der Waals surface area contributed by atoms with E-state index in [1.54, 1.807) is 11.9 Å². The van der Waals surface area contributed by atoms with Gasteiger partial charge in [0.1, 0.15) is 0 Å². The molecule has 0 aromatic heterocycles. The molecule has 1 amide bonds. The lowest BCUT2D eigenvalue weighted by Gasteiger charge is -2.23. The first kappa shape index (κ1) is 16.5. The maximum Gasteiger partial charge on any atom is 0.236 e. The zero-order valence-electron chi connectivity index (χ0n) is 12.8. The minimum atomic E-state index is -2.94. The summed E-state index contributed by atoms with van der Waals surface area (Å²) in [6.07, 6.45) is 8.85. The Morgan fingerprint density at radius 1 is 1.43 bits per heavy atom. The zero-order valence-corrected chi connectivity index (χ0v) is 13.6. The summed E-state index contributed by atoms with van der Waals surface area (Å²) in [5.41, 5.74) is 1.50. The first-order chi connectivity index (χ1) is 9.98. The molecule has 6 heteroatoms. The van der Waals surface area contributed by atoms with Gasteiger partial charge in [-0.2, -0.15) is 0 Å². The van der Waals surface area contributed by atoms with Crippen molar-refractivity contribution in [3.63, 3.8) is 0 Å². The molecule has 0 spiro atoms. The van der Waals surface area contributed by atoms with Gasteiger partial charge in [-0.1, -0.05) is 11.6 Å². The highest BCUT2D eigenvalue weighted by molar-refractivity contribution is 7.91. The van der Waals surface area contributed by atoms with E-state index >= 15 is 0 Å². The number of sulfone groups is 1. The van der Waals surface area contributed by atoms with E-state index in [2.05, 4.69) is 11.4 Å². The summed E-state index contributed by atoms with van der Waals surface area (Å²) in [5, 5.41) is 3.18. The number of hydrogen-bond donors (Lipinski definition) is 1. The molecule has 0 bridgehead atoms. The Morgan fingerprint density at radius 3 is 2.86 bits per heavy atom. The van der Waals surface area contributed by atoms with Crippen LogP contribution in [0.25, 0.3) is 0 Å². The number of likely N-dealkylation sites (N-methyl/N-ethyl adjacent to an activating group) is 1. The fourth-order valence-corrected chi connectivity index (χ4v) is 4.76. The predicted molar refractivity (Wildman–Crippen MR) is 83.9 cm³/mol. The first-order valence-electron chi connectivity index (χ1n) is 7.83. The van der Waals surface area contributed by atoms with E-state index in [0.717, 1.165) is 13.0 Å². The van der Waals surface area contributed by atoms with Gasteiger partial charge in [-0.25, -0.2) is 8.42 Å². The van der Waals surface area contributed by atoms with Gasteiger partial charge in [-0.3, -0.25) is 4.79 Å². The molecule has 0 aromatic carbocycles. The summed E-state index contributed by atoms with van der Waals surface area (Å²) in [6.45, 7) is 1.11. The van der Waals surface area contributed by atoms with Gasteiger partial charge in [0, 0.05) is 13.1 Å². The van der Waals surface area contributed by atoms with Gasteiger partial charge < -0.3 is 10.2 Å². The minimum absolute atomic E-state index is 0.0188. The van der Waals surface area contributed by atoms with Gasteiger partial charge in [0.05, 0.1) is 18.1 Å². The largest absolute Gasteiger partial charge is 0.341 e. The molecule has 120 valence electrons. The highest BCUT2D eigenvalue weighted by atomic mass is 32.2. The van der Waals surface area contributed by atoms with Crippen LogP contribution in [0.2, 0.25) is 0 Å². The van der Waals surface area contributed by atoms with Crippen molar-refractivity contribution in [2.75, 3.05) is 31.6 Å². The van der Waals surface area contributed by atoms with Crippen LogP contribution in [-0.4, -0.2) is 56.9 Å². The quantitative estimate of drug-likeness (QED) is 0.589. The zero-order chi connectivity index (χ0) is 15.3. The maximum absolute atomic E-state index is 12.0. The van der Waals surface area contributed by atoms with Gasteiger partial charge in [-0.05, 0) is 45.1 Å². The molecule has 1 heterocycles. The minimum Gasteiger partial charge on any atom is -0.341 e. The van der Waals surface area contributed by atoms with E-state index in [9.17, 15) is 13.2 Å². The molecule has 2 aliphatic rings. The molecule has 2 rings (SSSR count). The van der Waals surface area contributed by atoms with Crippen LogP contribution in [0.5, 0.6) is 0 Å². The summed E-state index contributed by atoms with van der Waals surface area (Å²) in [7, 11) is -1.23. The summed E-state index contributed by atoms with van der Waals surface area (Å²) in [4.78, 5) is 13.6. The SMILES string of the molecule is CN(C(=O)CNCCC1=CCCCC1)C1CCS(=O)(=O)C1. The van der Waals surface area contributed by atoms with Crippen molar-refractivity contribution in [3.8, 4) is 0 Å². The van der Waals surface area contributed by atoms with Gasteiger partial charge in [-0.15, -0.1) is 0 Å². The Morgan fingerprint density at radius 2 is 2.24 bits per heavy atom. The molecule has 1 atom stereocenters. The lowest BCUT2D eigenvalue weighted by atomic mass is 9.97. The molecule has 1 saturated heterocycles. The van der Waals surface area contributed by atoms with Gasteiger partial charge >= 0.3 is 0 Å². The highest BCUT2D eigenvalue weighted by Gasteiger charge is 2.32. The van der Waals surface area contributed by atoms with Crippen molar-refractivity contribution >= 4 is 15.7 Å². The fraction of sp³-hybridized carbons (Fsp3) is 0.800. The average molecular weight is 314 g/mol. The van der Waals surface area contributed by atoms with Crippen LogP contribution >= 0.6 is 0 Å². The third-order valence-corrected chi connectivity index (χ3v) is 6.18. The number of carbonyl (C=O) groups is 1. The lowest BCUT2D eigenvalue weighted by Crippen LogP contribution is -2.42. The van der Waals surface area contributed by atoms with Gasteiger partial charge in [0.2, 0.25) is 5.91 Å². The average Bonchev–Trinajstić information content (AvgIpc) is 2.84. The third-order valence-electron chi connectivity index (χ3n) is 4.43. The second kappa shape index (κ2) is 7.40. The predicted octanol–water partition coefficient (Wildman–Crippen LogP) is 1.11. The van der Waals surface area contributed by atoms with Crippen molar-refractivity contribution in [2.24, 2.45) is 0 Å². The van der Waals surface area contributed by atoms with E-state index < -0.39 is 9.84 Å². The molecule has 1 aliphatic carbocycles. The number of carbonyl (C=O) groups excluding carboxylic acids is 1. The van der Waals surface area contributed by atoms with E-state index in [1.807, 2.05) is 0 Å². The first-order valence-corrected chi connectivity index (χ1v) is 9.65. The number of nitrogens with zero attached hydrogens (tertiary/aromatic N) is 1. The van der Waals surface area contributed by atoms with Crippen molar-refractivity contribution in [1.29, 1.82) is 0 Å². The topological polar surface area (TPSA) is 66.5 Å². The number of rotatable bonds is 6. The Bertz CT molecular complexity index is 499. The molecule has 1 fully saturated rings. The molecule has 1 N–H and O–H groups in total. The molecule has 1 unspecified atom stereocenters. The van der Waals surface area contributed by atoms with Crippen molar-refractivity contribution in [1.82, 2.24) is 10.2 Å². The Labute approximate surface area is 127 Å².